The van der Waals surface area contributed by atoms with Gasteiger partial charge in [-0.25, -0.2) is 8.42 Å². The third-order valence-corrected chi connectivity index (χ3v) is 4.48. The zero-order chi connectivity index (χ0) is 14.1. The Balaban J connectivity index is 3.57. The normalized spacial score (nSPS) is 11.5. The van der Waals surface area contributed by atoms with Gasteiger partial charge in [0.05, 0.1) is 21.2 Å². The van der Waals surface area contributed by atoms with Gasteiger partial charge in [-0.15, -0.1) is 0 Å². The van der Waals surface area contributed by atoms with Gasteiger partial charge in [0.15, 0.2) is 9.84 Å². The Morgan fingerprint density at radius 2 is 1.67 bits per heavy atom. The quantitative estimate of drug-likeness (QED) is 0.608. The number of hydrogen-bond acceptors (Lipinski definition) is 6. The molecular weight excluding hydrogens is 264 g/mol. The predicted molar refractivity (Wildman–Crippen MR) is 62.1 cm³/mol. The van der Waals surface area contributed by atoms with Crippen LogP contribution in [0.15, 0.2) is 23.1 Å². The summed E-state index contributed by atoms with van der Waals surface area (Å²) >= 11 is 0. The van der Waals surface area contributed by atoms with Crippen LogP contribution in [0, 0.1) is 20.2 Å². The molecule has 0 unspecified atom stereocenters. The second-order valence-electron chi connectivity index (χ2n) is 3.76. The van der Waals surface area contributed by atoms with Gasteiger partial charge in [-0.1, -0.05) is 0 Å². The van der Waals surface area contributed by atoms with Gasteiger partial charge in [0.2, 0.25) is 0 Å². The van der Waals surface area contributed by atoms with E-state index >= 15 is 0 Å². The van der Waals surface area contributed by atoms with Crippen LogP contribution in [0.5, 0.6) is 0 Å². The maximum atomic E-state index is 11.9. The molecule has 0 bridgehead atoms. The van der Waals surface area contributed by atoms with Crippen molar-refractivity contribution in [3.05, 3.63) is 38.4 Å². The fourth-order valence-corrected chi connectivity index (χ4v) is 2.45. The van der Waals surface area contributed by atoms with Crippen molar-refractivity contribution in [2.24, 2.45) is 0 Å². The number of non-ortho nitro benzene ring substituents is 1. The molecule has 0 saturated heterocycles. The minimum atomic E-state index is -3.86. The largest absolute Gasteiger partial charge is 0.294 e. The van der Waals surface area contributed by atoms with E-state index in [9.17, 15) is 28.6 Å². The third kappa shape index (κ3) is 2.45. The highest BCUT2D eigenvalue weighted by molar-refractivity contribution is 7.92. The highest BCUT2D eigenvalue weighted by Gasteiger charge is 2.30. The first-order valence-electron chi connectivity index (χ1n) is 4.84. The van der Waals surface area contributed by atoms with Gasteiger partial charge >= 0.3 is 0 Å². The molecule has 18 heavy (non-hydrogen) atoms. The Labute approximate surface area is 102 Å². The van der Waals surface area contributed by atoms with E-state index in [1.165, 1.54) is 13.8 Å². The first-order chi connectivity index (χ1) is 8.17. The summed E-state index contributed by atoms with van der Waals surface area (Å²) in [7, 11) is -3.86. The number of sulfone groups is 1. The summed E-state index contributed by atoms with van der Waals surface area (Å²) in [6.45, 7) is 2.75. The minimum Gasteiger partial charge on any atom is -0.258 e. The van der Waals surface area contributed by atoms with E-state index in [1.807, 2.05) is 0 Å². The van der Waals surface area contributed by atoms with Crippen LogP contribution in [-0.4, -0.2) is 23.5 Å². The minimum absolute atomic E-state index is 0.506. The zero-order valence-corrected chi connectivity index (χ0v) is 10.4. The zero-order valence-electron chi connectivity index (χ0n) is 9.56. The molecule has 0 aromatic heterocycles. The molecule has 0 aliphatic rings. The van der Waals surface area contributed by atoms with E-state index in [0.29, 0.717) is 6.07 Å². The number of nitro groups is 2. The molecular formula is C9H10N2O6S. The molecule has 0 heterocycles. The molecule has 0 N–H and O–H groups in total. The molecule has 0 aliphatic heterocycles. The summed E-state index contributed by atoms with van der Waals surface area (Å²) in [6.07, 6.45) is 0. The molecule has 0 saturated carbocycles. The average molecular weight is 274 g/mol. The number of nitro benzene ring substituents is 2. The van der Waals surface area contributed by atoms with Gasteiger partial charge in [0, 0.05) is 6.07 Å². The summed E-state index contributed by atoms with van der Waals surface area (Å²) < 4.78 is 23.7. The monoisotopic (exact) mass is 274 g/mol. The Hall–Kier alpha value is -2.03. The molecule has 0 spiro atoms. The molecule has 0 amide bonds. The molecule has 0 atom stereocenters. The molecule has 0 radical (unpaired) electrons. The van der Waals surface area contributed by atoms with Crippen molar-refractivity contribution in [1.29, 1.82) is 0 Å². The van der Waals surface area contributed by atoms with Gasteiger partial charge in [-0.05, 0) is 19.9 Å². The van der Waals surface area contributed by atoms with Gasteiger partial charge in [-0.2, -0.15) is 0 Å². The van der Waals surface area contributed by atoms with E-state index in [1.54, 1.807) is 0 Å². The fourth-order valence-electron chi connectivity index (χ4n) is 1.26. The van der Waals surface area contributed by atoms with Gasteiger partial charge in [-0.3, -0.25) is 20.2 Å². The molecule has 98 valence electrons. The molecule has 0 aliphatic carbocycles. The lowest BCUT2D eigenvalue weighted by atomic mass is 10.3. The van der Waals surface area contributed by atoms with Crippen molar-refractivity contribution < 1.29 is 18.3 Å². The average Bonchev–Trinajstić information content (AvgIpc) is 2.27. The Bertz CT molecular complexity index is 607. The first kappa shape index (κ1) is 14.0. The van der Waals surface area contributed by atoms with E-state index in [-0.39, 0.29) is 0 Å². The number of benzene rings is 1. The van der Waals surface area contributed by atoms with Gasteiger partial charge < -0.3 is 0 Å². The lowest BCUT2D eigenvalue weighted by Crippen LogP contribution is -2.15. The standard InChI is InChI=1S/C9H10N2O6S/c1-6(2)18(16,17)9-4-3-7(10(12)13)5-8(9)11(14)15/h3-6H,1-2H3. The summed E-state index contributed by atoms with van der Waals surface area (Å²) in [5.74, 6) is 0. The Morgan fingerprint density at radius 1 is 1.11 bits per heavy atom. The number of rotatable bonds is 4. The first-order valence-corrected chi connectivity index (χ1v) is 6.39. The van der Waals surface area contributed by atoms with Crippen molar-refractivity contribution >= 4 is 21.2 Å². The van der Waals surface area contributed by atoms with E-state index < -0.39 is 41.2 Å². The van der Waals surface area contributed by atoms with Crippen LogP contribution >= 0.6 is 0 Å². The highest BCUT2D eigenvalue weighted by Crippen LogP contribution is 2.30. The molecule has 8 nitrogen and oxygen atoms in total. The molecule has 1 rings (SSSR count). The van der Waals surface area contributed by atoms with Crippen LogP contribution in [0.1, 0.15) is 13.8 Å². The topological polar surface area (TPSA) is 120 Å². The van der Waals surface area contributed by atoms with Crippen LogP contribution in [0.2, 0.25) is 0 Å². The SMILES string of the molecule is CC(C)S(=O)(=O)c1ccc([N+](=O)[O-])cc1[N+](=O)[O-]. The van der Waals surface area contributed by atoms with Gasteiger partial charge in [0.25, 0.3) is 11.4 Å². The van der Waals surface area contributed by atoms with Crippen LogP contribution in [0.25, 0.3) is 0 Å². The van der Waals surface area contributed by atoms with Crippen molar-refractivity contribution in [3.8, 4) is 0 Å². The lowest BCUT2D eigenvalue weighted by molar-refractivity contribution is -0.396. The summed E-state index contributed by atoms with van der Waals surface area (Å²) in [5, 5.41) is 20.4. The van der Waals surface area contributed by atoms with Crippen LogP contribution in [-0.2, 0) is 9.84 Å². The van der Waals surface area contributed by atoms with Crippen molar-refractivity contribution in [2.75, 3.05) is 0 Å². The van der Waals surface area contributed by atoms with Crippen molar-refractivity contribution in [3.63, 3.8) is 0 Å². The maximum Gasteiger partial charge on any atom is 0.294 e. The molecule has 1 aromatic carbocycles. The lowest BCUT2D eigenvalue weighted by Gasteiger charge is -2.07. The molecule has 0 fully saturated rings. The van der Waals surface area contributed by atoms with E-state index in [0.717, 1.165) is 12.1 Å². The molecule has 9 heteroatoms. The van der Waals surface area contributed by atoms with E-state index in [2.05, 4.69) is 0 Å². The Kier molecular flexibility index (Phi) is 3.65. The highest BCUT2D eigenvalue weighted by atomic mass is 32.2. The number of hydrogen-bond donors (Lipinski definition) is 0. The van der Waals surface area contributed by atoms with Crippen LogP contribution in [0.3, 0.4) is 0 Å². The summed E-state index contributed by atoms with van der Waals surface area (Å²) in [6, 6.07) is 2.48. The fraction of sp³-hybridized carbons (Fsp3) is 0.333. The maximum absolute atomic E-state index is 11.9. The second kappa shape index (κ2) is 4.69. The second-order valence-corrected chi connectivity index (χ2v) is 6.23. The Morgan fingerprint density at radius 3 is 2.06 bits per heavy atom. The smallest absolute Gasteiger partial charge is 0.258 e. The van der Waals surface area contributed by atoms with Gasteiger partial charge in [0.1, 0.15) is 4.90 Å². The molecule has 1 aromatic rings. The van der Waals surface area contributed by atoms with Crippen molar-refractivity contribution in [1.82, 2.24) is 0 Å². The predicted octanol–water partition coefficient (Wildman–Crippen LogP) is 1.69. The number of nitrogens with zero attached hydrogens (tertiary/aromatic N) is 2. The summed E-state index contributed by atoms with van der Waals surface area (Å²) in [4.78, 5) is 19.0. The van der Waals surface area contributed by atoms with Crippen molar-refractivity contribution in [2.45, 2.75) is 24.0 Å². The van der Waals surface area contributed by atoms with Crippen LogP contribution < -0.4 is 0 Å². The third-order valence-electron chi connectivity index (χ3n) is 2.28. The van der Waals surface area contributed by atoms with E-state index in [4.69, 9.17) is 0 Å². The summed E-state index contributed by atoms with van der Waals surface area (Å²) in [5.41, 5.74) is -1.30. The van der Waals surface area contributed by atoms with Crippen LogP contribution in [0.4, 0.5) is 11.4 Å².